The van der Waals surface area contributed by atoms with Crippen LogP contribution in [-0.4, -0.2) is 29.1 Å². The van der Waals surface area contributed by atoms with E-state index in [9.17, 15) is 14.7 Å². The second kappa shape index (κ2) is 7.48. The normalized spacial score (nSPS) is 21.4. The van der Waals surface area contributed by atoms with E-state index in [0.29, 0.717) is 0 Å². The smallest absolute Gasteiger partial charge is 0.326 e. The zero-order valence-electron chi connectivity index (χ0n) is 11.9. The maximum Gasteiger partial charge on any atom is 0.326 e. The Bertz CT molecular complexity index is 314. The number of rotatable bonds is 6. The average Bonchev–Trinajstić information content (AvgIpc) is 2.43. The molecular formula is C14H26N2O3. The number of carbonyl (C=O) groups is 2. The largest absolute Gasteiger partial charge is 0.480 e. The molecule has 0 heterocycles. The van der Waals surface area contributed by atoms with Gasteiger partial charge in [-0.15, -0.1) is 0 Å². The van der Waals surface area contributed by atoms with Gasteiger partial charge in [0.2, 0.25) is 5.91 Å². The van der Waals surface area contributed by atoms with Crippen molar-refractivity contribution in [2.24, 2.45) is 17.6 Å². The Hall–Kier alpha value is -1.10. The summed E-state index contributed by atoms with van der Waals surface area (Å²) >= 11 is 0. The first-order valence-corrected chi connectivity index (χ1v) is 7.26. The molecule has 1 rings (SSSR count). The second-order valence-corrected chi connectivity index (χ2v) is 5.63. The summed E-state index contributed by atoms with van der Waals surface area (Å²) in [4.78, 5) is 23.3. The molecule has 1 aliphatic carbocycles. The lowest BCUT2D eigenvalue weighted by Crippen LogP contribution is -2.53. The van der Waals surface area contributed by atoms with Crippen LogP contribution in [0, 0.1) is 11.8 Å². The van der Waals surface area contributed by atoms with E-state index in [-0.39, 0.29) is 17.7 Å². The summed E-state index contributed by atoms with van der Waals surface area (Å²) in [5, 5.41) is 11.9. The van der Waals surface area contributed by atoms with Crippen molar-refractivity contribution < 1.29 is 14.7 Å². The molecule has 1 fully saturated rings. The monoisotopic (exact) mass is 270 g/mol. The Morgan fingerprint density at radius 1 is 1.32 bits per heavy atom. The first-order chi connectivity index (χ1) is 8.97. The van der Waals surface area contributed by atoms with Crippen molar-refractivity contribution in [2.45, 2.75) is 64.5 Å². The number of hydrogen-bond acceptors (Lipinski definition) is 3. The highest BCUT2D eigenvalue weighted by atomic mass is 16.4. The van der Waals surface area contributed by atoms with Crippen LogP contribution in [-0.2, 0) is 9.59 Å². The van der Waals surface area contributed by atoms with Gasteiger partial charge in [-0.1, -0.05) is 39.5 Å². The van der Waals surface area contributed by atoms with Gasteiger partial charge in [-0.05, 0) is 24.7 Å². The minimum Gasteiger partial charge on any atom is -0.480 e. The molecule has 1 aliphatic rings. The molecule has 19 heavy (non-hydrogen) atoms. The molecule has 1 saturated carbocycles. The van der Waals surface area contributed by atoms with Gasteiger partial charge >= 0.3 is 5.97 Å². The van der Waals surface area contributed by atoms with E-state index in [2.05, 4.69) is 5.32 Å². The standard InChI is InChI=1S/C14H26N2O3/c1-3-9(2)11(15)13(17)16-12(14(18)19)10-7-5-4-6-8-10/h9-12H,3-8,15H2,1-2H3,(H,16,17)(H,18,19)/t9-,11-,12?/m0/s1. The molecule has 110 valence electrons. The van der Waals surface area contributed by atoms with Crippen molar-refractivity contribution in [3.63, 3.8) is 0 Å². The lowest BCUT2D eigenvalue weighted by Gasteiger charge is -2.29. The molecule has 0 aromatic rings. The Labute approximate surface area is 114 Å². The molecule has 0 spiro atoms. The summed E-state index contributed by atoms with van der Waals surface area (Å²) in [5.41, 5.74) is 5.84. The third-order valence-corrected chi connectivity index (χ3v) is 4.24. The fraction of sp³-hybridized carbons (Fsp3) is 0.857. The molecule has 0 aromatic heterocycles. The molecule has 1 amide bonds. The lowest BCUT2D eigenvalue weighted by atomic mass is 9.83. The molecule has 1 unspecified atom stereocenters. The van der Waals surface area contributed by atoms with Crippen LogP contribution in [0.2, 0.25) is 0 Å². The van der Waals surface area contributed by atoms with Crippen molar-refractivity contribution >= 4 is 11.9 Å². The van der Waals surface area contributed by atoms with Crippen LogP contribution in [0.25, 0.3) is 0 Å². The predicted molar refractivity (Wildman–Crippen MR) is 73.6 cm³/mol. The number of hydrogen-bond donors (Lipinski definition) is 3. The predicted octanol–water partition coefficient (Wildman–Crippen LogP) is 1.51. The molecule has 0 aromatic carbocycles. The number of aliphatic carboxylic acids is 1. The van der Waals surface area contributed by atoms with E-state index in [1.807, 2.05) is 13.8 Å². The van der Waals surface area contributed by atoms with Crippen LogP contribution in [0.4, 0.5) is 0 Å². The van der Waals surface area contributed by atoms with E-state index < -0.39 is 18.1 Å². The number of nitrogens with one attached hydrogen (secondary N) is 1. The van der Waals surface area contributed by atoms with E-state index in [0.717, 1.165) is 38.5 Å². The zero-order chi connectivity index (χ0) is 14.4. The first-order valence-electron chi connectivity index (χ1n) is 7.26. The molecule has 3 atom stereocenters. The minimum atomic E-state index is -0.948. The van der Waals surface area contributed by atoms with Gasteiger partial charge in [-0.25, -0.2) is 4.79 Å². The van der Waals surface area contributed by atoms with Crippen LogP contribution in [0.1, 0.15) is 52.4 Å². The summed E-state index contributed by atoms with van der Waals surface area (Å²) in [6.07, 6.45) is 5.79. The van der Waals surface area contributed by atoms with Gasteiger partial charge < -0.3 is 16.2 Å². The second-order valence-electron chi connectivity index (χ2n) is 5.63. The summed E-state index contributed by atoms with van der Waals surface area (Å²) in [6.45, 7) is 3.87. The van der Waals surface area contributed by atoms with Crippen molar-refractivity contribution in [3.05, 3.63) is 0 Å². The number of carboxylic acid groups (broad SMARTS) is 1. The molecule has 0 bridgehead atoms. The molecular weight excluding hydrogens is 244 g/mol. The van der Waals surface area contributed by atoms with Gasteiger partial charge in [0.1, 0.15) is 6.04 Å². The maximum absolute atomic E-state index is 12.0. The molecule has 0 saturated heterocycles. The van der Waals surface area contributed by atoms with E-state index >= 15 is 0 Å². The van der Waals surface area contributed by atoms with Gasteiger partial charge in [0.05, 0.1) is 6.04 Å². The van der Waals surface area contributed by atoms with E-state index in [1.54, 1.807) is 0 Å². The Balaban J connectivity index is 2.62. The van der Waals surface area contributed by atoms with Crippen LogP contribution < -0.4 is 11.1 Å². The van der Waals surface area contributed by atoms with Crippen molar-refractivity contribution in [2.75, 3.05) is 0 Å². The third kappa shape index (κ3) is 4.49. The fourth-order valence-corrected chi connectivity index (χ4v) is 2.61. The van der Waals surface area contributed by atoms with Gasteiger partial charge in [0.15, 0.2) is 0 Å². The average molecular weight is 270 g/mol. The molecule has 5 heteroatoms. The Kier molecular flexibility index (Phi) is 6.28. The highest BCUT2D eigenvalue weighted by molar-refractivity contribution is 5.87. The highest BCUT2D eigenvalue weighted by Gasteiger charge is 2.32. The summed E-state index contributed by atoms with van der Waals surface area (Å²) < 4.78 is 0. The molecule has 5 nitrogen and oxygen atoms in total. The summed E-state index contributed by atoms with van der Waals surface area (Å²) in [5.74, 6) is -1.19. The van der Waals surface area contributed by atoms with E-state index in [4.69, 9.17) is 5.73 Å². The Morgan fingerprint density at radius 2 is 1.89 bits per heavy atom. The van der Waals surface area contributed by atoms with Crippen molar-refractivity contribution in [1.82, 2.24) is 5.32 Å². The number of amides is 1. The maximum atomic E-state index is 12.0. The summed E-state index contributed by atoms with van der Waals surface area (Å²) in [7, 11) is 0. The molecule has 0 aliphatic heterocycles. The number of carboxylic acids is 1. The van der Waals surface area contributed by atoms with Gasteiger partial charge in [-0.3, -0.25) is 4.79 Å². The van der Waals surface area contributed by atoms with Crippen molar-refractivity contribution in [3.8, 4) is 0 Å². The van der Waals surface area contributed by atoms with Gasteiger partial charge in [0.25, 0.3) is 0 Å². The van der Waals surface area contributed by atoms with Crippen LogP contribution in [0.3, 0.4) is 0 Å². The van der Waals surface area contributed by atoms with Crippen molar-refractivity contribution in [1.29, 1.82) is 0 Å². The summed E-state index contributed by atoms with van der Waals surface area (Å²) in [6, 6.07) is -1.42. The number of carbonyl (C=O) groups excluding carboxylic acids is 1. The number of nitrogens with two attached hydrogens (primary N) is 1. The zero-order valence-corrected chi connectivity index (χ0v) is 11.9. The topological polar surface area (TPSA) is 92.4 Å². The highest BCUT2D eigenvalue weighted by Crippen LogP contribution is 2.26. The quantitative estimate of drug-likeness (QED) is 0.682. The molecule has 0 radical (unpaired) electrons. The van der Waals surface area contributed by atoms with Crippen LogP contribution in [0.5, 0.6) is 0 Å². The SMILES string of the molecule is CC[C@H](C)[C@H](N)C(=O)NC(C(=O)O)C1CCCCC1. The van der Waals surface area contributed by atoms with Crippen LogP contribution >= 0.6 is 0 Å². The van der Waals surface area contributed by atoms with Crippen LogP contribution in [0.15, 0.2) is 0 Å². The van der Waals surface area contributed by atoms with Gasteiger partial charge in [-0.2, -0.15) is 0 Å². The minimum absolute atomic E-state index is 0.0410. The fourth-order valence-electron chi connectivity index (χ4n) is 2.61. The third-order valence-electron chi connectivity index (χ3n) is 4.24. The molecule has 4 N–H and O–H groups in total. The van der Waals surface area contributed by atoms with Gasteiger partial charge in [0, 0.05) is 0 Å². The lowest BCUT2D eigenvalue weighted by molar-refractivity contribution is -0.144. The first kappa shape index (κ1) is 16.0. The van der Waals surface area contributed by atoms with E-state index in [1.165, 1.54) is 0 Å². The Morgan fingerprint density at radius 3 is 2.37 bits per heavy atom.